The Kier molecular flexibility index (Phi) is 3.37. The summed E-state index contributed by atoms with van der Waals surface area (Å²) in [6, 6.07) is 0. The van der Waals surface area contributed by atoms with Crippen LogP contribution in [0.5, 0.6) is 0 Å². The Morgan fingerprint density at radius 2 is 1.93 bits per heavy atom. The summed E-state index contributed by atoms with van der Waals surface area (Å²) >= 11 is 0. The fourth-order valence-corrected chi connectivity index (χ4v) is 1.78. The molecule has 1 saturated heterocycles. The van der Waals surface area contributed by atoms with Crippen LogP contribution in [0.4, 0.5) is 0 Å². The Balaban J connectivity index is 2.57. The molecule has 4 nitrogen and oxygen atoms in total. The molecule has 0 saturated carbocycles. The first-order valence-electron chi connectivity index (χ1n) is 5.23. The first kappa shape index (κ1) is 12.0. The summed E-state index contributed by atoms with van der Waals surface area (Å²) in [6.07, 6.45) is 0.717. The average Bonchev–Trinajstić information content (AvgIpc) is 2.62. The average molecular weight is 213 g/mol. The molecule has 1 atom stereocenters. The van der Waals surface area contributed by atoms with Crippen molar-refractivity contribution >= 4 is 11.9 Å². The molecule has 0 aromatic rings. The van der Waals surface area contributed by atoms with Gasteiger partial charge in [-0.15, -0.1) is 0 Å². The maximum Gasteiger partial charge on any atom is 0.310 e. The van der Waals surface area contributed by atoms with Gasteiger partial charge in [-0.1, -0.05) is 20.8 Å². The number of hydrogen-bond donors (Lipinski definition) is 0. The molecule has 0 N–H and O–H groups in total. The van der Waals surface area contributed by atoms with Crippen LogP contribution in [-0.4, -0.2) is 37.0 Å². The van der Waals surface area contributed by atoms with E-state index in [2.05, 4.69) is 4.74 Å². The molecule has 1 rings (SSSR count). The van der Waals surface area contributed by atoms with Crippen LogP contribution in [-0.2, 0) is 14.3 Å². The maximum atomic E-state index is 11.9. The molecule has 0 radical (unpaired) electrons. The van der Waals surface area contributed by atoms with Gasteiger partial charge in [0, 0.05) is 18.5 Å². The van der Waals surface area contributed by atoms with Crippen LogP contribution in [0.2, 0.25) is 0 Å². The zero-order valence-electron chi connectivity index (χ0n) is 9.87. The number of ether oxygens (including phenoxy) is 1. The second kappa shape index (κ2) is 4.21. The van der Waals surface area contributed by atoms with E-state index >= 15 is 0 Å². The number of carbonyl (C=O) groups is 2. The van der Waals surface area contributed by atoms with E-state index in [9.17, 15) is 9.59 Å². The van der Waals surface area contributed by atoms with Crippen LogP contribution in [0, 0.1) is 11.3 Å². The van der Waals surface area contributed by atoms with Crippen molar-refractivity contribution in [1.82, 2.24) is 4.90 Å². The van der Waals surface area contributed by atoms with Crippen LogP contribution in [0.3, 0.4) is 0 Å². The van der Waals surface area contributed by atoms with Crippen LogP contribution in [0.25, 0.3) is 0 Å². The lowest BCUT2D eigenvalue weighted by molar-refractivity contribution is -0.145. The first-order valence-corrected chi connectivity index (χ1v) is 5.23. The van der Waals surface area contributed by atoms with Gasteiger partial charge in [0.25, 0.3) is 0 Å². The van der Waals surface area contributed by atoms with Gasteiger partial charge in [-0.2, -0.15) is 0 Å². The lowest BCUT2D eigenvalue weighted by atomic mass is 9.95. The predicted octanol–water partition coefficient (Wildman–Crippen LogP) is 1.05. The Bertz CT molecular complexity index is 267. The van der Waals surface area contributed by atoms with E-state index in [0.29, 0.717) is 19.5 Å². The fourth-order valence-electron chi connectivity index (χ4n) is 1.78. The largest absolute Gasteiger partial charge is 0.469 e. The topological polar surface area (TPSA) is 46.6 Å². The van der Waals surface area contributed by atoms with Gasteiger partial charge in [0.05, 0.1) is 13.0 Å². The SMILES string of the molecule is COC(=O)C1CCN(C(=O)C(C)(C)C)C1. The number of nitrogens with zero attached hydrogens (tertiary/aromatic N) is 1. The van der Waals surface area contributed by atoms with E-state index in [0.717, 1.165) is 0 Å². The fraction of sp³-hybridized carbons (Fsp3) is 0.818. The van der Waals surface area contributed by atoms with Gasteiger partial charge in [0.15, 0.2) is 0 Å². The molecule has 1 aliphatic rings. The van der Waals surface area contributed by atoms with Gasteiger partial charge >= 0.3 is 5.97 Å². The molecule has 0 aromatic heterocycles. The highest BCUT2D eigenvalue weighted by Gasteiger charge is 2.35. The van der Waals surface area contributed by atoms with E-state index in [4.69, 9.17) is 0 Å². The second-order valence-electron chi connectivity index (χ2n) is 5.01. The second-order valence-corrected chi connectivity index (χ2v) is 5.01. The Morgan fingerprint density at radius 1 is 1.33 bits per heavy atom. The van der Waals surface area contributed by atoms with Gasteiger partial charge in [-0.05, 0) is 6.42 Å². The number of rotatable bonds is 1. The van der Waals surface area contributed by atoms with Crippen molar-refractivity contribution in [3.05, 3.63) is 0 Å². The van der Waals surface area contributed by atoms with Crippen molar-refractivity contribution in [2.24, 2.45) is 11.3 Å². The van der Waals surface area contributed by atoms with E-state index in [-0.39, 0.29) is 23.2 Å². The van der Waals surface area contributed by atoms with E-state index in [1.54, 1.807) is 4.90 Å². The standard InChI is InChI=1S/C11H19NO3/c1-11(2,3)10(14)12-6-5-8(7-12)9(13)15-4/h8H,5-7H2,1-4H3. The lowest BCUT2D eigenvalue weighted by Crippen LogP contribution is -2.38. The van der Waals surface area contributed by atoms with Crippen molar-refractivity contribution in [1.29, 1.82) is 0 Å². The van der Waals surface area contributed by atoms with Gasteiger partial charge in [-0.3, -0.25) is 9.59 Å². The molecule has 1 aliphatic heterocycles. The molecule has 1 fully saturated rings. The summed E-state index contributed by atoms with van der Waals surface area (Å²) < 4.78 is 4.67. The van der Waals surface area contributed by atoms with Crippen molar-refractivity contribution in [2.45, 2.75) is 27.2 Å². The summed E-state index contributed by atoms with van der Waals surface area (Å²) in [5.74, 6) is -0.241. The van der Waals surface area contributed by atoms with Gasteiger partial charge in [0.1, 0.15) is 0 Å². The van der Waals surface area contributed by atoms with E-state index in [1.807, 2.05) is 20.8 Å². The van der Waals surface area contributed by atoms with Gasteiger partial charge in [-0.25, -0.2) is 0 Å². The molecule has 86 valence electrons. The molecule has 4 heteroatoms. The molecule has 1 amide bonds. The molecule has 1 heterocycles. The zero-order valence-corrected chi connectivity index (χ0v) is 9.87. The molecule has 15 heavy (non-hydrogen) atoms. The minimum absolute atomic E-state index is 0.105. The minimum atomic E-state index is -0.370. The highest BCUT2D eigenvalue weighted by molar-refractivity contribution is 5.83. The van der Waals surface area contributed by atoms with Crippen LogP contribution >= 0.6 is 0 Å². The van der Waals surface area contributed by atoms with Crippen LogP contribution < -0.4 is 0 Å². The third-order valence-electron chi connectivity index (χ3n) is 2.65. The molecule has 0 aromatic carbocycles. The van der Waals surface area contributed by atoms with E-state index < -0.39 is 0 Å². The van der Waals surface area contributed by atoms with Crippen molar-refractivity contribution < 1.29 is 14.3 Å². The summed E-state index contributed by atoms with van der Waals surface area (Å²) in [5.41, 5.74) is -0.370. The van der Waals surface area contributed by atoms with Crippen molar-refractivity contribution in [3.63, 3.8) is 0 Å². The summed E-state index contributed by atoms with van der Waals surface area (Å²) in [4.78, 5) is 24.9. The molecular weight excluding hydrogens is 194 g/mol. The quantitative estimate of drug-likeness (QED) is 0.612. The maximum absolute atomic E-state index is 11.9. The third kappa shape index (κ3) is 2.70. The summed E-state index contributed by atoms with van der Waals surface area (Å²) in [5, 5.41) is 0. The first-order chi connectivity index (χ1) is 6.86. The Labute approximate surface area is 90.6 Å². The number of hydrogen-bond acceptors (Lipinski definition) is 3. The summed E-state index contributed by atoms with van der Waals surface area (Å²) in [6.45, 7) is 6.83. The normalized spacial score (nSPS) is 21.6. The Morgan fingerprint density at radius 3 is 2.40 bits per heavy atom. The van der Waals surface area contributed by atoms with Crippen LogP contribution in [0.1, 0.15) is 27.2 Å². The monoisotopic (exact) mass is 213 g/mol. The highest BCUT2D eigenvalue weighted by Crippen LogP contribution is 2.24. The molecule has 0 bridgehead atoms. The van der Waals surface area contributed by atoms with Crippen molar-refractivity contribution in [2.75, 3.05) is 20.2 Å². The number of esters is 1. The minimum Gasteiger partial charge on any atom is -0.469 e. The number of amides is 1. The van der Waals surface area contributed by atoms with Gasteiger partial charge < -0.3 is 9.64 Å². The van der Waals surface area contributed by atoms with E-state index in [1.165, 1.54) is 7.11 Å². The molecular formula is C11H19NO3. The molecule has 0 aliphatic carbocycles. The van der Waals surface area contributed by atoms with Crippen molar-refractivity contribution in [3.8, 4) is 0 Å². The lowest BCUT2D eigenvalue weighted by Gasteiger charge is -2.25. The van der Waals surface area contributed by atoms with Gasteiger partial charge in [0.2, 0.25) is 5.91 Å². The molecule has 1 unspecified atom stereocenters. The highest BCUT2D eigenvalue weighted by atomic mass is 16.5. The third-order valence-corrected chi connectivity index (χ3v) is 2.65. The number of methoxy groups -OCH3 is 1. The number of carbonyl (C=O) groups excluding carboxylic acids is 2. The Hall–Kier alpha value is -1.06. The predicted molar refractivity (Wildman–Crippen MR) is 56.2 cm³/mol. The zero-order chi connectivity index (χ0) is 11.6. The smallest absolute Gasteiger partial charge is 0.310 e. The molecule has 0 spiro atoms. The van der Waals surface area contributed by atoms with Crippen LogP contribution in [0.15, 0.2) is 0 Å². The summed E-state index contributed by atoms with van der Waals surface area (Å²) in [7, 11) is 1.39. The number of likely N-dealkylation sites (tertiary alicyclic amines) is 1.